The lowest BCUT2D eigenvalue weighted by Gasteiger charge is -2.13. The Bertz CT molecular complexity index is 584. The van der Waals surface area contributed by atoms with Gasteiger partial charge in [0.15, 0.2) is 11.5 Å². The topological polar surface area (TPSA) is 48.3 Å². The van der Waals surface area contributed by atoms with E-state index in [1.54, 1.807) is 18.9 Å². The van der Waals surface area contributed by atoms with Crippen molar-refractivity contribution >= 4 is 11.6 Å². The lowest BCUT2D eigenvalue weighted by atomic mass is 10.2. The lowest BCUT2D eigenvalue weighted by molar-refractivity contribution is 0.354. The van der Waals surface area contributed by atoms with Crippen LogP contribution < -0.4 is 14.8 Å². The van der Waals surface area contributed by atoms with Gasteiger partial charge in [-0.25, -0.2) is 0 Å². The Morgan fingerprint density at radius 1 is 1.20 bits per heavy atom. The summed E-state index contributed by atoms with van der Waals surface area (Å²) in [6.07, 6.45) is 1.92. The molecule has 1 N–H and O–H groups in total. The number of hydrogen-bond donors (Lipinski definition) is 1. The minimum Gasteiger partial charge on any atom is -0.493 e. The summed E-state index contributed by atoms with van der Waals surface area (Å²) >= 11 is 6.31. The fourth-order valence-corrected chi connectivity index (χ4v) is 2.25. The van der Waals surface area contributed by atoms with Gasteiger partial charge < -0.3 is 14.8 Å². The van der Waals surface area contributed by atoms with Crippen molar-refractivity contribution in [3.63, 3.8) is 0 Å². The first-order valence-corrected chi connectivity index (χ1v) is 6.62. The summed E-state index contributed by atoms with van der Waals surface area (Å²) in [5.41, 5.74) is 1.95. The van der Waals surface area contributed by atoms with Gasteiger partial charge >= 0.3 is 0 Å². The first kappa shape index (κ1) is 14.7. The van der Waals surface area contributed by atoms with Crippen LogP contribution >= 0.6 is 11.6 Å². The van der Waals surface area contributed by atoms with Crippen molar-refractivity contribution in [2.24, 2.45) is 7.05 Å². The van der Waals surface area contributed by atoms with E-state index in [2.05, 4.69) is 10.4 Å². The molecule has 1 heterocycles. The molecular weight excluding hydrogens is 278 g/mol. The molecule has 0 amide bonds. The number of ether oxygens (including phenoxy) is 2. The second kappa shape index (κ2) is 6.63. The van der Waals surface area contributed by atoms with E-state index in [0.717, 1.165) is 11.3 Å². The maximum absolute atomic E-state index is 6.31. The van der Waals surface area contributed by atoms with Gasteiger partial charge in [0, 0.05) is 26.3 Å². The van der Waals surface area contributed by atoms with E-state index in [-0.39, 0.29) is 0 Å². The maximum atomic E-state index is 6.31. The van der Waals surface area contributed by atoms with E-state index in [1.807, 2.05) is 31.4 Å². The van der Waals surface area contributed by atoms with Crippen molar-refractivity contribution in [3.05, 3.63) is 40.7 Å². The highest BCUT2D eigenvalue weighted by atomic mass is 35.5. The molecule has 6 heteroatoms. The quantitative estimate of drug-likeness (QED) is 0.889. The summed E-state index contributed by atoms with van der Waals surface area (Å²) in [5.74, 6) is 1.19. The van der Waals surface area contributed by atoms with E-state index in [0.29, 0.717) is 29.6 Å². The van der Waals surface area contributed by atoms with Gasteiger partial charge in [0.25, 0.3) is 0 Å². The van der Waals surface area contributed by atoms with Crippen LogP contribution in [0.5, 0.6) is 11.5 Å². The van der Waals surface area contributed by atoms with Gasteiger partial charge in [0.2, 0.25) is 0 Å². The number of aromatic nitrogens is 2. The molecule has 0 bridgehead atoms. The minimum absolute atomic E-state index is 0.561. The Kier molecular flexibility index (Phi) is 4.87. The second-order valence-electron chi connectivity index (χ2n) is 4.36. The summed E-state index contributed by atoms with van der Waals surface area (Å²) in [4.78, 5) is 0. The molecule has 0 saturated heterocycles. The van der Waals surface area contributed by atoms with Gasteiger partial charge in [-0.1, -0.05) is 17.7 Å². The molecule has 0 spiro atoms. The Balaban J connectivity index is 2.02. The normalized spacial score (nSPS) is 10.6. The number of nitrogens with zero attached hydrogens (tertiary/aromatic N) is 2. The average Bonchev–Trinajstić information content (AvgIpc) is 2.86. The number of aryl methyl sites for hydroxylation is 1. The molecule has 0 aliphatic rings. The molecule has 1 aromatic carbocycles. The smallest absolute Gasteiger partial charge is 0.179 e. The van der Waals surface area contributed by atoms with Crippen LogP contribution in [-0.2, 0) is 20.1 Å². The average molecular weight is 296 g/mol. The van der Waals surface area contributed by atoms with Crippen LogP contribution in [0.2, 0.25) is 5.02 Å². The third-order valence-electron chi connectivity index (χ3n) is 2.96. The first-order valence-electron chi connectivity index (χ1n) is 6.24. The molecule has 0 atom stereocenters. The third-order valence-corrected chi connectivity index (χ3v) is 3.37. The molecule has 0 unspecified atom stereocenters. The predicted octanol–water partition coefficient (Wildman–Crippen LogP) is 2.38. The van der Waals surface area contributed by atoms with Crippen LogP contribution in [0.4, 0.5) is 0 Å². The molecule has 2 aromatic rings. The summed E-state index contributed by atoms with van der Waals surface area (Å²) in [7, 11) is 5.07. The van der Waals surface area contributed by atoms with Crippen molar-refractivity contribution in [2.45, 2.75) is 13.1 Å². The molecule has 0 saturated carbocycles. The predicted molar refractivity (Wildman–Crippen MR) is 78.3 cm³/mol. The number of halogens is 1. The zero-order valence-electron chi connectivity index (χ0n) is 11.8. The van der Waals surface area contributed by atoms with Crippen molar-refractivity contribution in [1.82, 2.24) is 15.1 Å². The highest BCUT2D eigenvalue weighted by Crippen LogP contribution is 2.37. The molecule has 0 fully saturated rings. The molecule has 5 nitrogen and oxygen atoms in total. The number of methoxy groups -OCH3 is 2. The Morgan fingerprint density at radius 2 is 2.00 bits per heavy atom. The molecule has 20 heavy (non-hydrogen) atoms. The van der Waals surface area contributed by atoms with Crippen molar-refractivity contribution in [3.8, 4) is 11.5 Å². The Morgan fingerprint density at radius 3 is 2.60 bits per heavy atom. The maximum Gasteiger partial charge on any atom is 0.179 e. The standard InChI is InChI=1S/C14H18ClN3O2/c1-18-7-6-11(17-18)9-16-8-10-4-5-12(19-2)14(20-3)13(10)15/h4-7,16H,8-9H2,1-3H3. The minimum atomic E-state index is 0.561. The van der Waals surface area contributed by atoms with Gasteiger partial charge in [0.05, 0.1) is 24.9 Å². The van der Waals surface area contributed by atoms with Crippen molar-refractivity contribution in [1.29, 1.82) is 0 Å². The van der Waals surface area contributed by atoms with Gasteiger partial charge in [-0.05, 0) is 17.7 Å². The van der Waals surface area contributed by atoms with Crippen molar-refractivity contribution in [2.75, 3.05) is 14.2 Å². The molecule has 0 aliphatic heterocycles. The number of nitrogens with one attached hydrogen (secondary N) is 1. The molecule has 2 rings (SSSR count). The van der Waals surface area contributed by atoms with E-state index in [9.17, 15) is 0 Å². The summed E-state index contributed by atoms with van der Waals surface area (Å²) < 4.78 is 12.3. The van der Waals surface area contributed by atoms with Gasteiger partial charge in [-0.2, -0.15) is 5.10 Å². The monoisotopic (exact) mass is 295 g/mol. The fraction of sp³-hybridized carbons (Fsp3) is 0.357. The third kappa shape index (κ3) is 3.23. The zero-order valence-corrected chi connectivity index (χ0v) is 12.6. The molecule has 108 valence electrons. The van der Waals surface area contributed by atoms with Crippen LogP contribution in [-0.4, -0.2) is 24.0 Å². The van der Waals surface area contributed by atoms with Gasteiger partial charge in [0.1, 0.15) is 0 Å². The number of hydrogen-bond acceptors (Lipinski definition) is 4. The van der Waals surface area contributed by atoms with Gasteiger partial charge in [-0.3, -0.25) is 4.68 Å². The number of rotatable bonds is 6. The largest absolute Gasteiger partial charge is 0.493 e. The van der Waals surface area contributed by atoms with E-state index >= 15 is 0 Å². The van der Waals surface area contributed by atoms with Crippen LogP contribution in [0.15, 0.2) is 24.4 Å². The first-order chi connectivity index (χ1) is 9.65. The lowest BCUT2D eigenvalue weighted by Crippen LogP contribution is -2.14. The van der Waals surface area contributed by atoms with Crippen LogP contribution in [0.25, 0.3) is 0 Å². The summed E-state index contributed by atoms with van der Waals surface area (Å²) in [6.45, 7) is 1.32. The molecule has 0 aliphatic carbocycles. The molecular formula is C14H18ClN3O2. The molecule has 0 radical (unpaired) electrons. The van der Waals surface area contributed by atoms with Crippen molar-refractivity contribution < 1.29 is 9.47 Å². The van der Waals surface area contributed by atoms with Crippen LogP contribution in [0, 0.1) is 0 Å². The highest BCUT2D eigenvalue weighted by Gasteiger charge is 2.12. The van der Waals surface area contributed by atoms with E-state index in [4.69, 9.17) is 21.1 Å². The summed E-state index contributed by atoms with van der Waals surface area (Å²) in [6, 6.07) is 5.75. The van der Waals surface area contributed by atoms with E-state index in [1.165, 1.54) is 0 Å². The van der Waals surface area contributed by atoms with E-state index < -0.39 is 0 Å². The second-order valence-corrected chi connectivity index (χ2v) is 4.74. The Hall–Kier alpha value is -1.72. The SMILES string of the molecule is COc1ccc(CNCc2ccn(C)n2)c(Cl)c1OC. The van der Waals surface area contributed by atoms with Crippen LogP contribution in [0.1, 0.15) is 11.3 Å². The number of benzene rings is 1. The highest BCUT2D eigenvalue weighted by molar-refractivity contribution is 6.33. The summed E-state index contributed by atoms with van der Waals surface area (Å²) in [5, 5.41) is 8.18. The fourth-order valence-electron chi connectivity index (χ4n) is 1.95. The van der Waals surface area contributed by atoms with Gasteiger partial charge in [-0.15, -0.1) is 0 Å². The molecule has 1 aromatic heterocycles. The van der Waals surface area contributed by atoms with Crippen LogP contribution in [0.3, 0.4) is 0 Å². The Labute approximate surface area is 123 Å². The zero-order chi connectivity index (χ0) is 14.5.